The summed E-state index contributed by atoms with van der Waals surface area (Å²) in [6.07, 6.45) is 1.33. The quantitative estimate of drug-likeness (QED) is 0.808. The van der Waals surface area contributed by atoms with Gasteiger partial charge >= 0.3 is 0 Å². The molecule has 1 aliphatic carbocycles. The van der Waals surface area contributed by atoms with Gasteiger partial charge in [-0.3, -0.25) is 0 Å². The summed E-state index contributed by atoms with van der Waals surface area (Å²) >= 11 is 3.47. The Morgan fingerprint density at radius 2 is 2.14 bits per heavy atom. The molecule has 0 bridgehead atoms. The molecule has 0 heterocycles. The summed E-state index contributed by atoms with van der Waals surface area (Å²) in [4.78, 5) is 0. The zero-order valence-corrected chi connectivity index (χ0v) is 14.8. The molecule has 1 aromatic carbocycles. The van der Waals surface area contributed by atoms with Crippen LogP contribution in [0, 0.1) is 17.2 Å². The Labute approximate surface area is 135 Å². The number of hydrogen-bond donors (Lipinski definition) is 1. The topological polar surface area (TPSA) is 21.3 Å². The van der Waals surface area contributed by atoms with Gasteiger partial charge in [0.25, 0.3) is 0 Å². The molecule has 2 nitrogen and oxygen atoms in total. The Balaban J connectivity index is 1.86. The van der Waals surface area contributed by atoms with E-state index in [0.717, 1.165) is 23.1 Å². The lowest BCUT2D eigenvalue weighted by Crippen LogP contribution is -2.60. The fourth-order valence-electron chi connectivity index (χ4n) is 2.74. The lowest BCUT2D eigenvalue weighted by molar-refractivity contribution is -0.124. The van der Waals surface area contributed by atoms with Gasteiger partial charge in [-0.15, -0.1) is 0 Å². The van der Waals surface area contributed by atoms with Crippen molar-refractivity contribution in [1.29, 1.82) is 0 Å². The summed E-state index contributed by atoms with van der Waals surface area (Å²) in [5, 5.41) is 3.53. The molecule has 21 heavy (non-hydrogen) atoms. The van der Waals surface area contributed by atoms with Crippen LogP contribution in [0.1, 0.15) is 39.7 Å². The molecule has 2 rings (SSSR count). The van der Waals surface area contributed by atoms with E-state index in [1.807, 2.05) is 0 Å². The number of hydrogen-bond acceptors (Lipinski definition) is 2. The highest BCUT2D eigenvalue weighted by atomic mass is 79.9. The summed E-state index contributed by atoms with van der Waals surface area (Å²) in [5.41, 5.74) is 1.08. The van der Waals surface area contributed by atoms with Crippen LogP contribution in [-0.2, 0) is 11.3 Å². The maximum atomic E-state index is 13.3. The van der Waals surface area contributed by atoms with Gasteiger partial charge in [0.1, 0.15) is 5.82 Å². The SMILES string of the molecule is CC(C)COC1CC(NCc2cc(F)ccc2Br)C1(C)C. The van der Waals surface area contributed by atoms with Gasteiger partial charge in [0.2, 0.25) is 0 Å². The van der Waals surface area contributed by atoms with Gasteiger partial charge in [0, 0.05) is 29.1 Å². The Morgan fingerprint density at radius 1 is 1.43 bits per heavy atom. The minimum atomic E-state index is -0.194. The van der Waals surface area contributed by atoms with Crippen LogP contribution >= 0.6 is 15.9 Å². The van der Waals surface area contributed by atoms with Gasteiger partial charge in [-0.2, -0.15) is 0 Å². The van der Waals surface area contributed by atoms with E-state index in [9.17, 15) is 4.39 Å². The highest BCUT2D eigenvalue weighted by Gasteiger charge is 2.48. The van der Waals surface area contributed by atoms with Crippen LogP contribution in [0.5, 0.6) is 0 Å². The molecule has 1 N–H and O–H groups in total. The second-order valence-electron chi connectivity index (χ2n) is 6.94. The van der Waals surface area contributed by atoms with Crippen molar-refractivity contribution in [2.24, 2.45) is 11.3 Å². The van der Waals surface area contributed by atoms with E-state index in [4.69, 9.17) is 4.74 Å². The fourth-order valence-corrected chi connectivity index (χ4v) is 3.12. The van der Waals surface area contributed by atoms with Crippen molar-refractivity contribution in [2.75, 3.05) is 6.61 Å². The molecule has 4 heteroatoms. The Hall–Kier alpha value is -0.450. The van der Waals surface area contributed by atoms with Crippen molar-refractivity contribution in [3.8, 4) is 0 Å². The lowest BCUT2D eigenvalue weighted by Gasteiger charge is -2.52. The molecule has 0 amide bonds. The maximum absolute atomic E-state index is 13.3. The first-order valence-electron chi connectivity index (χ1n) is 7.59. The zero-order chi connectivity index (χ0) is 15.6. The van der Waals surface area contributed by atoms with Crippen molar-refractivity contribution in [2.45, 2.75) is 52.8 Å². The van der Waals surface area contributed by atoms with Gasteiger partial charge in [0.05, 0.1) is 6.10 Å². The number of nitrogens with one attached hydrogen (secondary N) is 1. The zero-order valence-electron chi connectivity index (χ0n) is 13.2. The third kappa shape index (κ3) is 4.05. The van der Waals surface area contributed by atoms with Crippen LogP contribution in [0.25, 0.3) is 0 Å². The number of benzene rings is 1. The molecule has 1 aromatic rings. The minimum absolute atomic E-state index is 0.120. The first kappa shape index (κ1) is 16.9. The molecule has 2 atom stereocenters. The molecular weight excluding hydrogens is 333 g/mol. The van der Waals surface area contributed by atoms with E-state index in [0.29, 0.717) is 24.6 Å². The third-order valence-corrected chi connectivity index (χ3v) is 5.13. The van der Waals surface area contributed by atoms with E-state index in [1.165, 1.54) is 6.07 Å². The van der Waals surface area contributed by atoms with Gasteiger partial charge in [0.15, 0.2) is 0 Å². The van der Waals surface area contributed by atoms with Gasteiger partial charge < -0.3 is 10.1 Å². The van der Waals surface area contributed by atoms with E-state index < -0.39 is 0 Å². The summed E-state index contributed by atoms with van der Waals surface area (Å²) < 4.78 is 20.2. The van der Waals surface area contributed by atoms with Crippen molar-refractivity contribution in [3.05, 3.63) is 34.1 Å². The molecule has 118 valence electrons. The van der Waals surface area contributed by atoms with Crippen molar-refractivity contribution in [1.82, 2.24) is 5.32 Å². The summed E-state index contributed by atoms with van der Waals surface area (Å²) in [6.45, 7) is 10.3. The lowest BCUT2D eigenvalue weighted by atomic mass is 9.64. The number of rotatable bonds is 6. The largest absolute Gasteiger partial charge is 0.377 e. The van der Waals surface area contributed by atoms with Gasteiger partial charge in [-0.25, -0.2) is 4.39 Å². The van der Waals surface area contributed by atoms with Crippen molar-refractivity contribution in [3.63, 3.8) is 0 Å². The average Bonchev–Trinajstić information content (AvgIpc) is 2.40. The highest BCUT2D eigenvalue weighted by Crippen LogP contribution is 2.43. The monoisotopic (exact) mass is 357 g/mol. The first-order valence-corrected chi connectivity index (χ1v) is 8.39. The summed E-state index contributed by atoms with van der Waals surface area (Å²) in [5.74, 6) is 0.372. The number of halogens is 2. The maximum Gasteiger partial charge on any atom is 0.123 e. The first-order chi connectivity index (χ1) is 9.80. The van der Waals surface area contributed by atoms with E-state index in [-0.39, 0.29) is 11.2 Å². The predicted molar refractivity (Wildman–Crippen MR) is 87.7 cm³/mol. The highest BCUT2D eigenvalue weighted by molar-refractivity contribution is 9.10. The Bertz CT molecular complexity index is 490. The van der Waals surface area contributed by atoms with Crippen molar-refractivity contribution < 1.29 is 9.13 Å². The van der Waals surface area contributed by atoms with E-state index in [2.05, 4.69) is 48.9 Å². The van der Waals surface area contributed by atoms with Crippen LogP contribution in [0.15, 0.2) is 22.7 Å². The normalized spacial score (nSPS) is 24.1. The molecule has 2 unspecified atom stereocenters. The second-order valence-corrected chi connectivity index (χ2v) is 7.80. The van der Waals surface area contributed by atoms with Crippen LogP contribution in [0.3, 0.4) is 0 Å². The second kappa shape index (κ2) is 6.76. The standard InChI is InChI=1S/C17H25BrFNO/c1-11(2)10-21-16-8-15(17(16,3)4)20-9-12-7-13(19)5-6-14(12)18/h5-7,11,15-16,20H,8-10H2,1-4H3. The average molecular weight is 358 g/mol. The molecule has 1 saturated carbocycles. The van der Waals surface area contributed by atoms with Crippen LogP contribution < -0.4 is 5.32 Å². The van der Waals surface area contributed by atoms with E-state index in [1.54, 1.807) is 12.1 Å². The van der Waals surface area contributed by atoms with Gasteiger partial charge in [-0.1, -0.05) is 43.6 Å². The molecule has 0 aliphatic heterocycles. The third-order valence-electron chi connectivity index (χ3n) is 4.36. The molecule has 0 aromatic heterocycles. The molecule has 1 aliphatic rings. The molecule has 0 spiro atoms. The van der Waals surface area contributed by atoms with Crippen LogP contribution in [0.4, 0.5) is 4.39 Å². The van der Waals surface area contributed by atoms with Crippen molar-refractivity contribution >= 4 is 15.9 Å². The van der Waals surface area contributed by atoms with Gasteiger partial charge in [-0.05, 0) is 36.1 Å². The van der Waals surface area contributed by atoms with E-state index >= 15 is 0 Å². The molecule has 0 radical (unpaired) electrons. The number of ether oxygens (including phenoxy) is 1. The molecule has 1 fully saturated rings. The smallest absolute Gasteiger partial charge is 0.123 e. The molecular formula is C17H25BrFNO. The van der Waals surface area contributed by atoms with Crippen LogP contribution in [0.2, 0.25) is 0 Å². The minimum Gasteiger partial charge on any atom is -0.377 e. The summed E-state index contributed by atoms with van der Waals surface area (Å²) in [7, 11) is 0. The Morgan fingerprint density at radius 3 is 2.76 bits per heavy atom. The predicted octanol–water partition coefficient (Wildman–Crippen LogP) is 4.52. The fraction of sp³-hybridized carbons (Fsp3) is 0.647. The summed E-state index contributed by atoms with van der Waals surface area (Å²) in [6, 6.07) is 5.21. The molecule has 0 saturated heterocycles. The van der Waals surface area contributed by atoms with Crippen LogP contribution in [-0.4, -0.2) is 18.8 Å². The Kier molecular flexibility index (Phi) is 5.44.